The van der Waals surface area contributed by atoms with Gasteiger partial charge in [0.05, 0.1) is 26.4 Å². The topological polar surface area (TPSA) is 120 Å². The second-order valence-corrected chi connectivity index (χ2v) is 11.7. The van der Waals surface area contributed by atoms with Gasteiger partial charge in [-0.1, -0.05) is 57.2 Å². The van der Waals surface area contributed by atoms with Crippen molar-refractivity contribution in [2.45, 2.75) is 59.1 Å². The number of aromatic nitrogens is 3. The first-order valence-electron chi connectivity index (χ1n) is 14.1. The Morgan fingerprint density at radius 3 is 2.07 bits per heavy atom. The molecule has 0 aliphatic heterocycles. The minimum atomic E-state index is -0.533. The molecule has 3 N–H and O–H groups in total. The van der Waals surface area contributed by atoms with E-state index in [9.17, 15) is 9.18 Å². The summed E-state index contributed by atoms with van der Waals surface area (Å²) in [5.74, 6) is 0.995. The number of nitrogens with zero attached hydrogens (tertiary/aromatic N) is 3. The first kappa shape index (κ1) is 32.7. The highest BCUT2D eigenvalue weighted by molar-refractivity contribution is 5.67. The van der Waals surface area contributed by atoms with Crippen LogP contribution >= 0.6 is 0 Å². The number of rotatable bonds is 14. The molecule has 0 saturated heterocycles. The van der Waals surface area contributed by atoms with Gasteiger partial charge < -0.3 is 30.2 Å². The van der Waals surface area contributed by atoms with E-state index in [0.29, 0.717) is 63.8 Å². The van der Waals surface area contributed by atoms with Crippen LogP contribution < -0.4 is 16.0 Å². The van der Waals surface area contributed by atoms with Crippen molar-refractivity contribution in [2.75, 3.05) is 50.2 Å². The Bertz CT molecular complexity index is 1280. The van der Waals surface area contributed by atoms with E-state index < -0.39 is 11.7 Å². The minimum Gasteiger partial charge on any atom is -0.444 e. The zero-order valence-corrected chi connectivity index (χ0v) is 25.4. The summed E-state index contributed by atoms with van der Waals surface area (Å²) in [6, 6.07) is 14.5. The van der Waals surface area contributed by atoms with Crippen LogP contribution in [0.4, 0.5) is 21.1 Å². The minimum absolute atomic E-state index is 0.0318. The molecule has 0 saturated carbocycles. The quantitative estimate of drug-likeness (QED) is 0.210. The predicted molar refractivity (Wildman–Crippen MR) is 162 cm³/mol. The number of alkyl carbamates (subject to hydrolysis) is 1. The summed E-state index contributed by atoms with van der Waals surface area (Å²) in [6.45, 7) is 14.7. The van der Waals surface area contributed by atoms with Crippen LogP contribution in [0.3, 0.4) is 0 Å². The van der Waals surface area contributed by atoms with Crippen LogP contribution in [0.25, 0.3) is 11.4 Å². The van der Waals surface area contributed by atoms with Crippen molar-refractivity contribution in [3.63, 3.8) is 0 Å². The van der Waals surface area contributed by atoms with Gasteiger partial charge in [-0.2, -0.15) is 15.0 Å². The fourth-order valence-electron chi connectivity index (χ4n) is 3.71. The Labute approximate surface area is 247 Å². The van der Waals surface area contributed by atoms with Gasteiger partial charge in [-0.15, -0.1) is 0 Å². The molecule has 42 heavy (non-hydrogen) atoms. The van der Waals surface area contributed by atoms with Crippen molar-refractivity contribution in [1.29, 1.82) is 0 Å². The third-order valence-corrected chi connectivity index (χ3v) is 5.80. The van der Waals surface area contributed by atoms with Gasteiger partial charge in [0.25, 0.3) is 0 Å². The summed E-state index contributed by atoms with van der Waals surface area (Å²) >= 11 is 0. The highest BCUT2D eigenvalue weighted by Crippen LogP contribution is 2.25. The summed E-state index contributed by atoms with van der Waals surface area (Å²) in [5, 5.41) is 9.01. The number of nitrogens with one attached hydrogen (secondary N) is 3. The molecule has 10 nitrogen and oxygen atoms in total. The summed E-state index contributed by atoms with van der Waals surface area (Å²) in [7, 11) is 0. The zero-order chi connectivity index (χ0) is 30.6. The largest absolute Gasteiger partial charge is 0.444 e. The normalized spacial score (nSPS) is 11.7. The van der Waals surface area contributed by atoms with Crippen LogP contribution in [-0.2, 0) is 26.2 Å². The molecule has 3 aromatic rings. The molecule has 0 aliphatic carbocycles. The van der Waals surface area contributed by atoms with Crippen LogP contribution in [0.1, 0.15) is 52.7 Å². The maximum absolute atomic E-state index is 13.6. The Kier molecular flexibility index (Phi) is 12.0. The average molecular weight is 583 g/mol. The van der Waals surface area contributed by atoms with Crippen LogP contribution in [-0.4, -0.2) is 66.2 Å². The smallest absolute Gasteiger partial charge is 0.407 e. The molecule has 11 heteroatoms. The number of carbonyl (C=O) groups is 1. The Morgan fingerprint density at radius 1 is 0.810 bits per heavy atom. The van der Waals surface area contributed by atoms with Gasteiger partial charge in [0.2, 0.25) is 11.9 Å². The van der Waals surface area contributed by atoms with Gasteiger partial charge >= 0.3 is 6.09 Å². The maximum Gasteiger partial charge on any atom is 0.407 e. The van der Waals surface area contributed by atoms with Crippen molar-refractivity contribution in [2.24, 2.45) is 0 Å². The van der Waals surface area contributed by atoms with Crippen molar-refractivity contribution in [3.05, 3.63) is 65.5 Å². The molecule has 1 heterocycles. The molecular formula is C31H43FN6O4. The van der Waals surface area contributed by atoms with E-state index in [1.807, 2.05) is 39.0 Å². The molecule has 1 aromatic heterocycles. The highest BCUT2D eigenvalue weighted by Gasteiger charge is 2.16. The van der Waals surface area contributed by atoms with Crippen molar-refractivity contribution >= 4 is 18.0 Å². The lowest BCUT2D eigenvalue weighted by Crippen LogP contribution is -2.34. The third kappa shape index (κ3) is 12.0. The zero-order valence-electron chi connectivity index (χ0n) is 25.4. The molecule has 0 spiro atoms. The summed E-state index contributed by atoms with van der Waals surface area (Å²) in [5.41, 5.74) is 2.34. The summed E-state index contributed by atoms with van der Waals surface area (Å²) in [4.78, 5) is 25.3. The summed E-state index contributed by atoms with van der Waals surface area (Å²) < 4.78 is 29.9. The number of hydrogen-bond donors (Lipinski definition) is 3. The van der Waals surface area contributed by atoms with Gasteiger partial charge in [0.15, 0.2) is 5.82 Å². The van der Waals surface area contributed by atoms with Crippen molar-refractivity contribution in [1.82, 2.24) is 20.3 Å². The molecule has 0 unspecified atom stereocenters. The third-order valence-electron chi connectivity index (χ3n) is 5.80. The van der Waals surface area contributed by atoms with Gasteiger partial charge in [0, 0.05) is 25.2 Å². The average Bonchev–Trinajstić information content (AvgIpc) is 2.91. The maximum atomic E-state index is 13.6. The monoisotopic (exact) mass is 582 g/mol. The number of anilines is 2. The molecule has 0 atom stereocenters. The van der Waals surface area contributed by atoms with Gasteiger partial charge in [-0.25, -0.2) is 9.18 Å². The molecule has 1 amide bonds. The number of amides is 1. The first-order chi connectivity index (χ1) is 19.9. The van der Waals surface area contributed by atoms with Crippen molar-refractivity contribution in [3.8, 4) is 11.4 Å². The van der Waals surface area contributed by atoms with Gasteiger partial charge in [-0.3, -0.25) is 0 Å². The fraction of sp³-hybridized carbons (Fsp3) is 0.484. The van der Waals surface area contributed by atoms with E-state index in [4.69, 9.17) is 14.2 Å². The Balaban J connectivity index is 1.50. The Hall–Kier alpha value is -3.83. The summed E-state index contributed by atoms with van der Waals surface area (Å²) in [6.07, 6.45) is -0.468. The molecule has 2 aromatic carbocycles. The van der Waals surface area contributed by atoms with Gasteiger partial charge in [0.1, 0.15) is 11.4 Å². The van der Waals surface area contributed by atoms with E-state index in [0.717, 1.165) is 11.1 Å². The number of ether oxygens (including phenoxy) is 3. The fourth-order valence-corrected chi connectivity index (χ4v) is 3.71. The van der Waals surface area contributed by atoms with E-state index in [1.54, 1.807) is 6.07 Å². The van der Waals surface area contributed by atoms with Crippen LogP contribution in [0.2, 0.25) is 0 Å². The van der Waals surface area contributed by atoms with Crippen molar-refractivity contribution < 1.29 is 23.4 Å². The van der Waals surface area contributed by atoms with E-state index in [1.165, 1.54) is 17.7 Å². The lowest BCUT2D eigenvalue weighted by atomic mass is 9.87. The Morgan fingerprint density at radius 2 is 1.45 bits per heavy atom. The molecule has 3 rings (SSSR count). The SMILES string of the molecule is CC(C)(C)OC(=O)NCCOCCOCCNc1nc(NCc2cccc(F)c2)nc(-c2ccc(C(C)(C)C)cc2)n1. The lowest BCUT2D eigenvalue weighted by molar-refractivity contribution is 0.0415. The van der Waals surface area contributed by atoms with Crippen LogP contribution in [0.5, 0.6) is 0 Å². The molecular weight excluding hydrogens is 539 g/mol. The highest BCUT2D eigenvalue weighted by atomic mass is 19.1. The number of halogens is 1. The first-order valence-corrected chi connectivity index (χ1v) is 14.1. The lowest BCUT2D eigenvalue weighted by Gasteiger charge is -2.19. The van der Waals surface area contributed by atoms with Crippen LogP contribution in [0, 0.1) is 5.82 Å². The van der Waals surface area contributed by atoms with Gasteiger partial charge in [-0.05, 0) is 49.4 Å². The molecule has 0 aliphatic rings. The predicted octanol–water partition coefficient (Wildman–Crippen LogP) is 5.56. The van der Waals surface area contributed by atoms with E-state index in [-0.39, 0.29) is 11.2 Å². The molecule has 228 valence electrons. The molecule has 0 bridgehead atoms. The van der Waals surface area contributed by atoms with E-state index in [2.05, 4.69) is 63.8 Å². The second kappa shape index (κ2) is 15.4. The standard InChI is InChI=1S/C31H43FN6O4/c1-30(2,3)24-12-10-23(11-13-24)26-36-27(38-28(37-26)35-21-22-8-7-9-25(32)20-22)33-14-16-40-18-19-41-17-15-34-29(39)42-31(4,5)6/h7-13,20H,14-19,21H2,1-6H3,(H,34,39)(H2,33,35,36,37,38). The number of benzene rings is 2. The second-order valence-electron chi connectivity index (χ2n) is 11.7. The molecule has 0 fully saturated rings. The number of carbonyl (C=O) groups excluding carboxylic acids is 1. The molecule has 0 radical (unpaired) electrons. The van der Waals surface area contributed by atoms with Crippen LogP contribution in [0.15, 0.2) is 48.5 Å². The van der Waals surface area contributed by atoms with E-state index >= 15 is 0 Å². The number of hydrogen-bond acceptors (Lipinski definition) is 9.